The molecule has 4 heterocycles. The Hall–Kier alpha value is -3.80. The van der Waals surface area contributed by atoms with E-state index < -0.39 is 0 Å². The maximum Gasteiger partial charge on any atom is 0.319 e. The molecule has 0 unspecified atom stereocenters. The average molecular weight is 631 g/mol. The predicted molar refractivity (Wildman–Crippen MR) is 174 cm³/mol. The summed E-state index contributed by atoms with van der Waals surface area (Å²) in [5, 5.41) is 15.0. The number of fused-ring (bicyclic) bond motifs is 3. The van der Waals surface area contributed by atoms with Crippen LogP contribution in [-0.2, 0) is 17.6 Å². The minimum absolute atomic E-state index is 0.161. The van der Waals surface area contributed by atoms with E-state index in [9.17, 15) is 9.59 Å². The first-order valence-corrected chi connectivity index (χ1v) is 16.5. The van der Waals surface area contributed by atoms with Gasteiger partial charge in [0, 0.05) is 61.3 Å². The third-order valence-electron chi connectivity index (χ3n) is 8.87. The fourth-order valence-corrected chi connectivity index (χ4v) is 8.15. The summed E-state index contributed by atoms with van der Waals surface area (Å²) in [7, 11) is 0. The number of aromatic nitrogens is 4. The van der Waals surface area contributed by atoms with Crippen molar-refractivity contribution >= 4 is 45.7 Å². The van der Waals surface area contributed by atoms with Crippen molar-refractivity contribution in [1.82, 2.24) is 30.0 Å². The number of urea groups is 1. The number of nitrogens with one attached hydrogen (secondary N) is 3. The monoisotopic (exact) mass is 630 g/mol. The molecule has 2 fully saturated rings. The fraction of sp³-hybridized carbons (Fsp3) is 0.406. The Morgan fingerprint density at radius 1 is 1.05 bits per heavy atom. The lowest BCUT2D eigenvalue weighted by Gasteiger charge is -2.36. The molecule has 0 atom stereocenters. The number of carbonyl (C=O) groups is 2. The maximum atomic E-state index is 12.9. The number of anilines is 2. The van der Waals surface area contributed by atoms with Crippen LogP contribution >= 0.6 is 22.9 Å². The van der Waals surface area contributed by atoms with Crippen molar-refractivity contribution in [1.29, 1.82) is 0 Å². The summed E-state index contributed by atoms with van der Waals surface area (Å²) in [4.78, 5) is 37.2. The van der Waals surface area contributed by atoms with Gasteiger partial charge in [0.2, 0.25) is 5.91 Å². The lowest BCUT2D eigenvalue weighted by atomic mass is 9.95. The van der Waals surface area contributed by atoms with Crippen molar-refractivity contribution in [3.63, 3.8) is 0 Å². The Morgan fingerprint density at radius 2 is 1.86 bits per heavy atom. The topological polar surface area (TPSA) is 117 Å². The average Bonchev–Trinajstić information content (AvgIpc) is 3.77. The first kappa shape index (κ1) is 28.9. The number of rotatable bonds is 6. The van der Waals surface area contributed by atoms with Crippen LogP contribution in [0, 0.1) is 0 Å². The van der Waals surface area contributed by atoms with E-state index >= 15 is 0 Å². The zero-order valence-corrected chi connectivity index (χ0v) is 26.2. The summed E-state index contributed by atoms with van der Waals surface area (Å²) in [5.41, 5.74) is 5.96. The van der Waals surface area contributed by atoms with Gasteiger partial charge in [-0.2, -0.15) is 5.10 Å². The van der Waals surface area contributed by atoms with Crippen LogP contribution in [0.25, 0.3) is 27.5 Å². The highest BCUT2D eigenvalue weighted by molar-refractivity contribution is 7.19. The number of piperidine rings is 1. The van der Waals surface area contributed by atoms with Crippen molar-refractivity contribution in [3.8, 4) is 27.5 Å². The molecule has 3 N–H and O–H groups in total. The number of amides is 3. The molecule has 2 aliphatic carbocycles. The van der Waals surface area contributed by atoms with Gasteiger partial charge in [-0.25, -0.2) is 14.5 Å². The molecule has 4 aromatic rings. The van der Waals surface area contributed by atoms with Gasteiger partial charge in [-0.1, -0.05) is 35.8 Å². The summed E-state index contributed by atoms with van der Waals surface area (Å²) in [5.74, 6) is -0.161. The van der Waals surface area contributed by atoms with Gasteiger partial charge in [-0.15, -0.1) is 0 Å². The second-order valence-corrected chi connectivity index (χ2v) is 13.2. The summed E-state index contributed by atoms with van der Waals surface area (Å²) in [6.45, 7) is 3.56. The van der Waals surface area contributed by atoms with E-state index in [1.807, 2.05) is 35.1 Å². The van der Waals surface area contributed by atoms with Crippen LogP contribution < -0.4 is 16.0 Å². The summed E-state index contributed by atoms with van der Waals surface area (Å²) in [6.07, 6.45) is 12.3. The first-order valence-electron chi connectivity index (χ1n) is 15.3. The van der Waals surface area contributed by atoms with Crippen molar-refractivity contribution < 1.29 is 9.59 Å². The molecule has 3 aromatic heterocycles. The summed E-state index contributed by atoms with van der Waals surface area (Å²) in [6, 6.07) is 10.1. The van der Waals surface area contributed by atoms with Gasteiger partial charge >= 0.3 is 6.03 Å². The zero-order valence-electron chi connectivity index (χ0n) is 24.6. The number of aryl methyl sites for hydroxylation is 1. The van der Waals surface area contributed by atoms with Gasteiger partial charge in [0.1, 0.15) is 0 Å². The summed E-state index contributed by atoms with van der Waals surface area (Å²) >= 11 is 8.33. The number of nitrogens with zero attached hydrogens (tertiary/aromatic N) is 5. The van der Waals surface area contributed by atoms with Crippen molar-refractivity contribution in [2.24, 2.45) is 0 Å². The van der Waals surface area contributed by atoms with E-state index in [2.05, 4.69) is 25.8 Å². The highest BCUT2D eigenvalue weighted by Crippen LogP contribution is 2.45. The van der Waals surface area contributed by atoms with Gasteiger partial charge in [-0.05, 0) is 68.9 Å². The number of thiazole rings is 1. The number of halogens is 1. The lowest BCUT2D eigenvalue weighted by molar-refractivity contribution is -0.114. The van der Waals surface area contributed by atoms with Gasteiger partial charge < -0.3 is 20.9 Å². The molecule has 1 aromatic carbocycles. The normalized spacial score (nSPS) is 17.2. The number of pyridine rings is 1. The number of benzene rings is 1. The van der Waals surface area contributed by atoms with Crippen LogP contribution in [0.5, 0.6) is 0 Å². The Kier molecular flexibility index (Phi) is 8.09. The van der Waals surface area contributed by atoms with Crippen LogP contribution in [0.15, 0.2) is 42.7 Å². The molecule has 7 rings (SSSR count). The van der Waals surface area contributed by atoms with Gasteiger partial charge in [0.15, 0.2) is 5.13 Å². The lowest BCUT2D eigenvalue weighted by Crippen LogP contribution is -2.48. The molecule has 0 radical (unpaired) electrons. The minimum atomic E-state index is -0.219. The van der Waals surface area contributed by atoms with Gasteiger partial charge in [-0.3, -0.25) is 9.78 Å². The van der Waals surface area contributed by atoms with Crippen molar-refractivity contribution in [2.75, 3.05) is 23.7 Å². The molecule has 44 heavy (non-hydrogen) atoms. The quantitative estimate of drug-likeness (QED) is 0.230. The van der Waals surface area contributed by atoms with Crippen LogP contribution in [0.2, 0.25) is 5.02 Å². The predicted octanol–water partition coefficient (Wildman–Crippen LogP) is 6.30. The zero-order chi connectivity index (χ0) is 30.2. The molecule has 1 aliphatic heterocycles. The molecule has 10 nitrogen and oxygen atoms in total. The number of likely N-dealkylation sites (tertiary alicyclic amines) is 1. The van der Waals surface area contributed by atoms with Gasteiger partial charge in [0.05, 0.1) is 32.7 Å². The first-order chi connectivity index (χ1) is 21.4. The maximum absolute atomic E-state index is 12.9. The van der Waals surface area contributed by atoms with Crippen LogP contribution in [0.3, 0.4) is 0 Å². The Morgan fingerprint density at radius 3 is 2.59 bits per heavy atom. The molecular formula is C32H35ClN8O2S. The second-order valence-electron chi connectivity index (χ2n) is 11.8. The standard InChI is InChI=1S/C32H35ClN8O2S/c1-19(42)35-32-38-26-10-9-24-28(20-5-4-14-34-18-20)39-41(29(24)30(26)44-32)27-11-8-22(17-25(27)33)37-31(43)36-21-12-15-40(16-13-21)23-6-2-3-7-23/h4-5,8,11,14,17-18,21,23H,2-3,6-7,9-10,12-13,15-16H2,1H3,(H,35,38,42)(H2,36,37,43). The van der Waals surface area contributed by atoms with E-state index in [1.165, 1.54) is 43.9 Å². The minimum Gasteiger partial charge on any atom is -0.335 e. The highest BCUT2D eigenvalue weighted by atomic mass is 35.5. The third kappa shape index (κ3) is 5.83. The Balaban J connectivity index is 1.12. The SMILES string of the molecule is CC(=O)Nc1nc2c(s1)-c1c(c(-c3cccnc3)nn1-c1ccc(NC(=O)NC3CCN(C4CCCC4)CC3)cc1Cl)CC2. The molecule has 1 saturated carbocycles. The van der Waals surface area contributed by atoms with Crippen molar-refractivity contribution in [3.05, 3.63) is 59.0 Å². The summed E-state index contributed by atoms with van der Waals surface area (Å²) < 4.78 is 1.86. The molecule has 12 heteroatoms. The van der Waals surface area contributed by atoms with E-state index in [-0.39, 0.29) is 18.0 Å². The van der Waals surface area contributed by atoms with E-state index in [4.69, 9.17) is 21.7 Å². The Bertz CT molecular complexity index is 1690. The van der Waals surface area contributed by atoms with Crippen LogP contribution in [-0.4, -0.2) is 61.8 Å². The molecular weight excluding hydrogens is 596 g/mol. The van der Waals surface area contributed by atoms with E-state index in [1.54, 1.807) is 12.3 Å². The third-order valence-corrected chi connectivity index (χ3v) is 10.2. The fourth-order valence-electron chi connectivity index (χ4n) is 6.77. The largest absolute Gasteiger partial charge is 0.335 e. The molecule has 3 aliphatic rings. The number of hydrogen-bond donors (Lipinski definition) is 3. The second kappa shape index (κ2) is 12.3. The highest BCUT2D eigenvalue weighted by Gasteiger charge is 2.31. The number of carbonyl (C=O) groups excluding carboxylic acids is 2. The van der Waals surface area contributed by atoms with Crippen LogP contribution in [0.4, 0.5) is 15.6 Å². The number of hydrogen-bond acceptors (Lipinski definition) is 7. The van der Waals surface area contributed by atoms with Crippen molar-refractivity contribution in [2.45, 2.75) is 70.4 Å². The van der Waals surface area contributed by atoms with Gasteiger partial charge in [0.25, 0.3) is 0 Å². The molecule has 0 spiro atoms. The smallest absolute Gasteiger partial charge is 0.319 e. The van der Waals surface area contributed by atoms with E-state index in [0.29, 0.717) is 21.5 Å². The molecule has 3 amide bonds. The van der Waals surface area contributed by atoms with E-state index in [0.717, 1.165) is 77.9 Å². The Labute approximate surface area is 265 Å². The molecule has 0 bridgehead atoms. The van der Waals surface area contributed by atoms with Crippen LogP contribution in [0.1, 0.15) is 56.7 Å². The molecule has 1 saturated heterocycles. The molecule has 228 valence electrons.